The standard InChI is InChI=1S/C12H24N4/c1-12(2,3)10(13-4)7-6-8-11-14-9-15-16(11)5/h9-10,13H,6-8H2,1-5H3. The van der Waals surface area contributed by atoms with E-state index in [-0.39, 0.29) is 0 Å². The summed E-state index contributed by atoms with van der Waals surface area (Å²) in [6.45, 7) is 6.82. The van der Waals surface area contributed by atoms with Gasteiger partial charge < -0.3 is 5.32 Å². The molecule has 1 aromatic rings. The monoisotopic (exact) mass is 224 g/mol. The molecule has 0 radical (unpaired) electrons. The van der Waals surface area contributed by atoms with Crippen molar-refractivity contribution in [1.29, 1.82) is 0 Å². The molecule has 4 heteroatoms. The molecule has 0 spiro atoms. The van der Waals surface area contributed by atoms with Crippen LogP contribution in [0.2, 0.25) is 0 Å². The first-order valence-electron chi connectivity index (χ1n) is 5.95. The van der Waals surface area contributed by atoms with E-state index in [2.05, 4.69) is 36.2 Å². The Balaban J connectivity index is 2.37. The molecule has 0 aliphatic carbocycles. The fourth-order valence-electron chi connectivity index (χ4n) is 2.02. The number of nitrogens with zero attached hydrogens (tertiary/aromatic N) is 3. The lowest BCUT2D eigenvalue weighted by atomic mass is 9.84. The SMILES string of the molecule is CNC(CCCc1ncnn1C)C(C)(C)C. The Morgan fingerprint density at radius 2 is 2.12 bits per heavy atom. The molecule has 1 heterocycles. The van der Waals surface area contributed by atoms with Gasteiger partial charge in [0.1, 0.15) is 12.2 Å². The molecule has 0 bridgehead atoms. The summed E-state index contributed by atoms with van der Waals surface area (Å²) in [7, 11) is 3.99. The lowest BCUT2D eigenvalue weighted by Gasteiger charge is -2.30. The fraction of sp³-hybridized carbons (Fsp3) is 0.833. The molecule has 1 aromatic heterocycles. The molecule has 0 aromatic carbocycles. The van der Waals surface area contributed by atoms with Crippen LogP contribution in [-0.4, -0.2) is 27.9 Å². The van der Waals surface area contributed by atoms with Crippen molar-refractivity contribution < 1.29 is 0 Å². The minimum absolute atomic E-state index is 0.314. The summed E-state index contributed by atoms with van der Waals surface area (Å²) < 4.78 is 1.85. The van der Waals surface area contributed by atoms with Crippen molar-refractivity contribution in [1.82, 2.24) is 20.1 Å². The minimum Gasteiger partial charge on any atom is -0.316 e. The first-order valence-corrected chi connectivity index (χ1v) is 5.95. The summed E-state index contributed by atoms with van der Waals surface area (Å²) in [6.07, 6.45) is 4.95. The van der Waals surface area contributed by atoms with Gasteiger partial charge in [-0.3, -0.25) is 4.68 Å². The Kier molecular flexibility index (Phi) is 4.47. The average Bonchev–Trinajstić information content (AvgIpc) is 2.57. The second kappa shape index (κ2) is 5.43. The maximum absolute atomic E-state index is 4.23. The fourth-order valence-corrected chi connectivity index (χ4v) is 2.02. The topological polar surface area (TPSA) is 42.7 Å². The van der Waals surface area contributed by atoms with E-state index in [1.54, 1.807) is 6.33 Å². The van der Waals surface area contributed by atoms with E-state index >= 15 is 0 Å². The number of hydrogen-bond donors (Lipinski definition) is 1. The third kappa shape index (κ3) is 3.59. The van der Waals surface area contributed by atoms with Crippen molar-refractivity contribution >= 4 is 0 Å². The lowest BCUT2D eigenvalue weighted by Crippen LogP contribution is -2.37. The van der Waals surface area contributed by atoms with Crippen molar-refractivity contribution in [2.75, 3.05) is 7.05 Å². The number of hydrogen-bond acceptors (Lipinski definition) is 3. The van der Waals surface area contributed by atoms with E-state index in [1.165, 1.54) is 6.42 Å². The summed E-state index contributed by atoms with van der Waals surface area (Å²) in [5, 5.41) is 7.47. The second-order valence-corrected chi connectivity index (χ2v) is 5.40. The summed E-state index contributed by atoms with van der Waals surface area (Å²) in [6, 6.07) is 0.556. The van der Waals surface area contributed by atoms with Crippen LogP contribution in [0.5, 0.6) is 0 Å². The highest BCUT2D eigenvalue weighted by molar-refractivity contribution is 4.85. The van der Waals surface area contributed by atoms with Gasteiger partial charge in [0.15, 0.2) is 0 Å². The van der Waals surface area contributed by atoms with Gasteiger partial charge in [-0.25, -0.2) is 4.98 Å². The maximum atomic E-state index is 4.23. The number of aryl methyl sites for hydroxylation is 2. The van der Waals surface area contributed by atoms with E-state index < -0.39 is 0 Å². The van der Waals surface area contributed by atoms with E-state index in [0.29, 0.717) is 11.5 Å². The Morgan fingerprint density at radius 3 is 2.56 bits per heavy atom. The molecule has 16 heavy (non-hydrogen) atoms. The molecule has 1 rings (SSSR count). The molecule has 1 atom stereocenters. The molecule has 0 fully saturated rings. The summed E-state index contributed by atoms with van der Waals surface area (Å²) in [5.74, 6) is 1.07. The van der Waals surface area contributed by atoms with Crippen LogP contribution < -0.4 is 5.32 Å². The third-order valence-corrected chi connectivity index (χ3v) is 3.09. The van der Waals surface area contributed by atoms with Gasteiger partial charge in [0, 0.05) is 19.5 Å². The van der Waals surface area contributed by atoms with E-state index in [4.69, 9.17) is 0 Å². The molecule has 0 aliphatic rings. The molecule has 0 amide bonds. The first-order chi connectivity index (χ1) is 7.45. The zero-order valence-corrected chi connectivity index (χ0v) is 11.1. The van der Waals surface area contributed by atoms with Gasteiger partial charge in [0.05, 0.1) is 0 Å². The van der Waals surface area contributed by atoms with E-state index in [0.717, 1.165) is 18.7 Å². The van der Waals surface area contributed by atoms with Crippen molar-refractivity contribution in [3.8, 4) is 0 Å². The molecule has 1 unspecified atom stereocenters. The molecule has 1 N–H and O–H groups in total. The highest BCUT2D eigenvalue weighted by atomic mass is 15.3. The summed E-state index contributed by atoms with van der Waals surface area (Å²) in [4.78, 5) is 4.23. The number of aromatic nitrogens is 3. The van der Waals surface area contributed by atoms with E-state index in [1.807, 2.05) is 18.8 Å². The Hall–Kier alpha value is -0.900. The molecule has 92 valence electrons. The molecule has 0 saturated heterocycles. The second-order valence-electron chi connectivity index (χ2n) is 5.40. The zero-order chi connectivity index (χ0) is 12.2. The van der Waals surface area contributed by atoms with Crippen molar-refractivity contribution in [2.45, 2.75) is 46.1 Å². The lowest BCUT2D eigenvalue weighted by molar-refractivity contribution is 0.263. The van der Waals surface area contributed by atoms with Crippen LogP contribution in [0.1, 0.15) is 39.4 Å². The number of nitrogens with one attached hydrogen (secondary N) is 1. The van der Waals surface area contributed by atoms with Gasteiger partial charge in [-0.15, -0.1) is 0 Å². The minimum atomic E-state index is 0.314. The van der Waals surface area contributed by atoms with Crippen LogP contribution in [-0.2, 0) is 13.5 Å². The average molecular weight is 224 g/mol. The van der Waals surface area contributed by atoms with Gasteiger partial charge >= 0.3 is 0 Å². The van der Waals surface area contributed by atoms with Crippen LogP contribution in [0.25, 0.3) is 0 Å². The molecular formula is C12H24N4. The van der Waals surface area contributed by atoms with Crippen LogP contribution in [0.4, 0.5) is 0 Å². The van der Waals surface area contributed by atoms with Crippen LogP contribution in [0.3, 0.4) is 0 Å². The van der Waals surface area contributed by atoms with Crippen LogP contribution in [0.15, 0.2) is 6.33 Å². The normalized spacial score (nSPS) is 14.1. The number of rotatable bonds is 5. The van der Waals surface area contributed by atoms with Crippen LogP contribution >= 0.6 is 0 Å². The van der Waals surface area contributed by atoms with Crippen molar-refractivity contribution in [3.63, 3.8) is 0 Å². The van der Waals surface area contributed by atoms with Gasteiger partial charge in [-0.05, 0) is 25.3 Å². The molecule has 0 aliphatic heterocycles. The predicted molar refractivity (Wildman–Crippen MR) is 66.2 cm³/mol. The quantitative estimate of drug-likeness (QED) is 0.829. The van der Waals surface area contributed by atoms with Crippen molar-refractivity contribution in [3.05, 3.63) is 12.2 Å². The maximum Gasteiger partial charge on any atom is 0.138 e. The van der Waals surface area contributed by atoms with Gasteiger partial charge in [0.25, 0.3) is 0 Å². The Bertz CT molecular complexity index is 311. The summed E-state index contributed by atoms with van der Waals surface area (Å²) in [5.41, 5.74) is 0.314. The molecule has 0 saturated carbocycles. The molecular weight excluding hydrogens is 200 g/mol. The Morgan fingerprint density at radius 1 is 1.44 bits per heavy atom. The van der Waals surface area contributed by atoms with Gasteiger partial charge in [0.2, 0.25) is 0 Å². The third-order valence-electron chi connectivity index (χ3n) is 3.09. The Labute approximate surface area is 98.5 Å². The summed E-state index contributed by atoms with van der Waals surface area (Å²) >= 11 is 0. The van der Waals surface area contributed by atoms with Crippen LogP contribution in [0, 0.1) is 5.41 Å². The van der Waals surface area contributed by atoms with Gasteiger partial charge in [-0.1, -0.05) is 20.8 Å². The van der Waals surface area contributed by atoms with Crippen molar-refractivity contribution in [2.24, 2.45) is 12.5 Å². The molecule has 4 nitrogen and oxygen atoms in total. The highest BCUT2D eigenvalue weighted by Gasteiger charge is 2.22. The zero-order valence-electron chi connectivity index (χ0n) is 11.1. The first kappa shape index (κ1) is 13.2. The largest absolute Gasteiger partial charge is 0.316 e. The smallest absolute Gasteiger partial charge is 0.138 e. The predicted octanol–water partition coefficient (Wildman–Crippen LogP) is 1.77. The van der Waals surface area contributed by atoms with Gasteiger partial charge in [-0.2, -0.15) is 5.10 Å². The highest BCUT2D eigenvalue weighted by Crippen LogP contribution is 2.22. The van der Waals surface area contributed by atoms with E-state index in [9.17, 15) is 0 Å².